The normalized spacial score (nSPS) is 13.5. The van der Waals surface area contributed by atoms with Crippen molar-refractivity contribution in [2.75, 3.05) is 7.05 Å². The first-order valence-electron chi connectivity index (χ1n) is 5.48. The number of halogens is 5. The molecule has 1 N–H and O–H groups in total. The van der Waals surface area contributed by atoms with Crippen LogP contribution >= 0.6 is 33.9 Å². The third kappa shape index (κ3) is 3.29. The van der Waals surface area contributed by atoms with E-state index < -0.39 is 17.2 Å². The minimum absolute atomic E-state index is 0.381. The zero-order chi connectivity index (χ0) is 14.9. The second kappa shape index (κ2) is 5.94. The summed E-state index contributed by atoms with van der Waals surface area (Å²) >= 11 is 2.54. The van der Waals surface area contributed by atoms with Gasteiger partial charge in [0.05, 0.1) is 6.04 Å². The molecule has 0 radical (unpaired) electrons. The van der Waals surface area contributed by atoms with Crippen LogP contribution in [0.3, 0.4) is 0 Å². The lowest BCUT2D eigenvalue weighted by atomic mass is 10.1. The van der Waals surface area contributed by atoms with Crippen LogP contribution in [0.1, 0.15) is 21.5 Å². The molecule has 1 atom stereocenters. The first kappa shape index (κ1) is 15.6. The highest BCUT2D eigenvalue weighted by Gasteiger charge is 2.35. The smallest absolute Gasteiger partial charge is 0.309 e. The Hall–Kier alpha value is -0.740. The Morgan fingerprint density at radius 3 is 2.55 bits per heavy atom. The summed E-state index contributed by atoms with van der Waals surface area (Å²) in [7, 11) is 1.64. The van der Waals surface area contributed by atoms with Crippen LogP contribution in [0.4, 0.5) is 17.6 Å². The van der Waals surface area contributed by atoms with Gasteiger partial charge in [0.25, 0.3) is 0 Å². The third-order valence-corrected chi connectivity index (χ3v) is 4.65. The lowest BCUT2D eigenvalue weighted by Gasteiger charge is -2.16. The number of nitrogens with zero attached hydrogens (tertiary/aromatic N) is 1. The molecule has 1 unspecified atom stereocenters. The highest BCUT2D eigenvalue weighted by Crippen LogP contribution is 2.36. The van der Waals surface area contributed by atoms with Crippen molar-refractivity contribution in [3.63, 3.8) is 0 Å². The van der Waals surface area contributed by atoms with E-state index in [2.05, 4.69) is 10.3 Å². The van der Waals surface area contributed by atoms with E-state index in [0.717, 1.165) is 0 Å². The molecule has 0 spiro atoms. The third-order valence-electron chi connectivity index (χ3n) is 2.61. The molecule has 2 nitrogen and oxygen atoms in total. The van der Waals surface area contributed by atoms with Crippen molar-refractivity contribution in [2.45, 2.75) is 12.2 Å². The maximum atomic E-state index is 13.1. The van der Waals surface area contributed by atoms with Crippen molar-refractivity contribution in [1.29, 1.82) is 0 Å². The molecule has 1 heterocycles. The van der Waals surface area contributed by atoms with E-state index in [-0.39, 0.29) is 5.82 Å². The van der Waals surface area contributed by atoms with E-state index in [1.54, 1.807) is 13.1 Å². The van der Waals surface area contributed by atoms with Gasteiger partial charge in [-0.2, -0.15) is 13.2 Å². The highest BCUT2D eigenvalue weighted by molar-refractivity contribution is 14.1. The number of hydrogen-bond acceptors (Lipinski definition) is 3. The molecule has 2 aromatic rings. The summed E-state index contributed by atoms with van der Waals surface area (Å²) < 4.78 is 51.5. The van der Waals surface area contributed by atoms with E-state index >= 15 is 0 Å². The first-order valence-corrected chi connectivity index (χ1v) is 7.37. The molecule has 0 bridgehead atoms. The Bertz CT molecular complexity index is 612. The fraction of sp³-hybridized carbons (Fsp3) is 0.250. The van der Waals surface area contributed by atoms with Crippen LogP contribution in [0, 0.1) is 9.39 Å². The van der Waals surface area contributed by atoms with Crippen LogP contribution < -0.4 is 5.32 Å². The van der Waals surface area contributed by atoms with Gasteiger partial charge in [-0.1, -0.05) is 6.07 Å². The molecular formula is C12H9F4IN2S. The van der Waals surface area contributed by atoms with E-state index in [0.29, 0.717) is 25.3 Å². The van der Waals surface area contributed by atoms with Crippen molar-refractivity contribution in [3.05, 3.63) is 49.2 Å². The van der Waals surface area contributed by atoms with E-state index in [4.69, 9.17) is 0 Å². The number of rotatable bonds is 3. The minimum atomic E-state index is -4.45. The molecule has 0 saturated carbocycles. The maximum Gasteiger partial charge on any atom is 0.443 e. The average molecular weight is 416 g/mol. The van der Waals surface area contributed by atoms with Gasteiger partial charge in [0.15, 0.2) is 5.01 Å². The van der Waals surface area contributed by atoms with E-state index in [1.807, 2.05) is 22.6 Å². The topological polar surface area (TPSA) is 24.9 Å². The molecule has 108 valence electrons. The summed E-state index contributed by atoms with van der Waals surface area (Å²) in [4.78, 5) is 3.84. The van der Waals surface area contributed by atoms with Crippen molar-refractivity contribution < 1.29 is 17.6 Å². The number of thiazole rings is 1. The van der Waals surface area contributed by atoms with Crippen LogP contribution in [-0.4, -0.2) is 12.0 Å². The van der Waals surface area contributed by atoms with Gasteiger partial charge in [0.1, 0.15) is 5.82 Å². The first-order chi connectivity index (χ1) is 9.32. The molecule has 0 aliphatic rings. The van der Waals surface area contributed by atoms with Gasteiger partial charge in [-0.05, 0) is 47.3 Å². The Morgan fingerprint density at radius 2 is 2.05 bits per heavy atom. The Morgan fingerprint density at radius 1 is 1.35 bits per heavy atom. The lowest BCUT2D eigenvalue weighted by molar-refractivity contribution is -0.137. The zero-order valence-electron chi connectivity index (χ0n) is 10.1. The minimum Gasteiger partial charge on any atom is -0.309 e. The Balaban J connectivity index is 2.40. The number of alkyl halides is 3. The predicted molar refractivity (Wildman–Crippen MR) is 77.1 cm³/mol. The van der Waals surface area contributed by atoms with Gasteiger partial charge >= 0.3 is 6.18 Å². The van der Waals surface area contributed by atoms with Gasteiger partial charge in [-0.3, -0.25) is 0 Å². The largest absolute Gasteiger partial charge is 0.443 e. The van der Waals surface area contributed by atoms with E-state index in [1.165, 1.54) is 18.3 Å². The summed E-state index contributed by atoms with van der Waals surface area (Å²) in [6.07, 6.45) is -3.24. The standard InChI is InChI=1S/C12H9F4IN2S/c1-18-10(7-3-2-6(13)4-8(7)17)9-5-19-11(20-9)12(14,15)16/h2-5,10,18H,1H3. The van der Waals surface area contributed by atoms with Crippen LogP contribution in [0.2, 0.25) is 0 Å². The van der Waals surface area contributed by atoms with Gasteiger partial charge in [-0.25, -0.2) is 9.37 Å². The summed E-state index contributed by atoms with van der Waals surface area (Å²) in [5.74, 6) is -0.381. The van der Waals surface area contributed by atoms with Crippen molar-refractivity contribution in [1.82, 2.24) is 10.3 Å². The molecule has 0 saturated heterocycles. The Labute approximate surface area is 130 Å². The molecule has 20 heavy (non-hydrogen) atoms. The molecule has 8 heteroatoms. The van der Waals surface area contributed by atoms with Crippen molar-refractivity contribution >= 4 is 33.9 Å². The SMILES string of the molecule is CNC(c1cnc(C(F)(F)F)s1)c1ccc(F)cc1I. The molecule has 1 aromatic carbocycles. The second-order valence-corrected chi connectivity index (χ2v) is 6.18. The number of aromatic nitrogens is 1. The van der Waals surface area contributed by atoms with Crippen LogP contribution in [0.25, 0.3) is 0 Å². The fourth-order valence-corrected chi connectivity index (χ4v) is 3.44. The second-order valence-electron chi connectivity index (χ2n) is 3.95. The highest BCUT2D eigenvalue weighted by atomic mass is 127. The van der Waals surface area contributed by atoms with Gasteiger partial charge in [0, 0.05) is 14.6 Å². The number of hydrogen-bond donors (Lipinski definition) is 1. The molecule has 0 aliphatic heterocycles. The number of nitrogens with one attached hydrogen (secondary N) is 1. The summed E-state index contributed by atoms with van der Waals surface area (Å²) in [6.45, 7) is 0. The zero-order valence-corrected chi connectivity index (χ0v) is 13.1. The Kier molecular flexibility index (Phi) is 4.65. The number of benzene rings is 1. The predicted octanol–water partition coefficient (Wildman–Crippen LogP) is 4.21. The van der Waals surface area contributed by atoms with Crippen LogP contribution in [-0.2, 0) is 6.18 Å². The van der Waals surface area contributed by atoms with Crippen molar-refractivity contribution in [2.24, 2.45) is 0 Å². The van der Waals surface area contributed by atoms with Gasteiger partial charge in [0.2, 0.25) is 0 Å². The van der Waals surface area contributed by atoms with Gasteiger partial charge in [-0.15, -0.1) is 11.3 Å². The molecule has 0 aliphatic carbocycles. The summed E-state index contributed by atoms with van der Waals surface area (Å²) in [5, 5.41) is 2.05. The monoisotopic (exact) mass is 416 g/mol. The van der Waals surface area contributed by atoms with Crippen LogP contribution in [0.5, 0.6) is 0 Å². The maximum absolute atomic E-state index is 13.1. The molecule has 1 aromatic heterocycles. The van der Waals surface area contributed by atoms with Crippen LogP contribution in [0.15, 0.2) is 24.4 Å². The summed E-state index contributed by atoms with van der Waals surface area (Å²) in [6, 6.07) is 3.74. The lowest BCUT2D eigenvalue weighted by Crippen LogP contribution is -2.17. The molecule has 2 rings (SSSR count). The molecule has 0 fully saturated rings. The van der Waals surface area contributed by atoms with Gasteiger partial charge < -0.3 is 5.32 Å². The summed E-state index contributed by atoms with van der Waals surface area (Å²) in [5.41, 5.74) is 0.715. The van der Waals surface area contributed by atoms with E-state index in [9.17, 15) is 17.6 Å². The molecule has 0 amide bonds. The average Bonchev–Trinajstić information content (AvgIpc) is 2.82. The quantitative estimate of drug-likeness (QED) is 0.599. The molecular weight excluding hydrogens is 407 g/mol. The fourth-order valence-electron chi connectivity index (χ4n) is 1.74. The van der Waals surface area contributed by atoms with Crippen molar-refractivity contribution in [3.8, 4) is 0 Å².